The number of aryl methyl sites for hydroxylation is 1. The molecule has 1 aliphatic rings. The highest BCUT2D eigenvalue weighted by molar-refractivity contribution is 5.89. The Balaban J connectivity index is 1.42. The summed E-state index contributed by atoms with van der Waals surface area (Å²) in [5, 5.41) is 21.2. The number of nitrogens with zero attached hydrogens (tertiary/aromatic N) is 3. The van der Waals surface area contributed by atoms with Crippen LogP contribution in [-0.2, 0) is 33.7 Å². The standard InChI is InChI=1S/C48H62N6O6/c1-32-15-14-18-35(27-32)31-53-25-26-54(46(53)59)42(48(5,6)7)44(57)51-39(29-33-16-10-9-11-17-33)40(55)30-37(50-43(56)41(47(2,3)4)52-45(58)60-8)28-34-20-22-36(23-21-34)38-19-12-13-24-49-38/h9-24,27,37,39-42,55H,25-26,28-31H2,1-8H3,(H,50,56)(H,51,57)(H,52,58). The first kappa shape index (κ1) is 45.3. The van der Waals surface area contributed by atoms with E-state index < -0.39 is 53.1 Å². The van der Waals surface area contributed by atoms with E-state index in [0.29, 0.717) is 32.5 Å². The largest absolute Gasteiger partial charge is 0.453 e. The maximum absolute atomic E-state index is 14.6. The Bertz CT molecular complexity index is 2050. The number of hydrogen-bond donors (Lipinski definition) is 4. The third kappa shape index (κ3) is 12.4. The Morgan fingerprint density at radius 2 is 1.43 bits per heavy atom. The number of rotatable bonds is 16. The fourth-order valence-electron chi connectivity index (χ4n) is 7.85. The number of hydrogen-bond acceptors (Lipinski definition) is 7. The first-order valence-electron chi connectivity index (χ1n) is 20.7. The van der Waals surface area contributed by atoms with Crippen molar-refractivity contribution in [2.75, 3.05) is 20.2 Å². The van der Waals surface area contributed by atoms with E-state index in [1.807, 2.05) is 139 Å². The number of nitrogens with one attached hydrogen (secondary N) is 3. The molecular formula is C48H62N6O6. The number of ether oxygens (including phenoxy) is 1. The summed E-state index contributed by atoms with van der Waals surface area (Å²) in [4.78, 5) is 62.9. The molecular weight excluding hydrogens is 757 g/mol. The van der Waals surface area contributed by atoms with Crippen molar-refractivity contribution in [3.05, 3.63) is 126 Å². The van der Waals surface area contributed by atoms with Gasteiger partial charge in [0.1, 0.15) is 12.1 Å². The highest BCUT2D eigenvalue weighted by Gasteiger charge is 2.44. The summed E-state index contributed by atoms with van der Waals surface area (Å²) in [6.45, 7) is 14.7. The number of amides is 5. The number of urea groups is 1. The number of carbonyl (C=O) groups is 4. The van der Waals surface area contributed by atoms with Gasteiger partial charge in [-0.2, -0.15) is 0 Å². The third-order valence-electron chi connectivity index (χ3n) is 10.9. The quantitative estimate of drug-likeness (QED) is 0.0984. The number of benzene rings is 3. The minimum Gasteiger partial charge on any atom is -0.453 e. The second kappa shape index (κ2) is 20.0. The van der Waals surface area contributed by atoms with Crippen molar-refractivity contribution in [2.24, 2.45) is 10.8 Å². The summed E-state index contributed by atoms with van der Waals surface area (Å²) >= 11 is 0. The molecule has 12 heteroatoms. The molecule has 4 N–H and O–H groups in total. The molecule has 320 valence electrons. The molecule has 0 spiro atoms. The van der Waals surface area contributed by atoms with Crippen LogP contribution in [0.4, 0.5) is 9.59 Å². The van der Waals surface area contributed by atoms with Crippen LogP contribution in [-0.4, -0.2) is 94.3 Å². The molecule has 12 nitrogen and oxygen atoms in total. The van der Waals surface area contributed by atoms with Gasteiger partial charge in [0.2, 0.25) is 11.8 Å². The molecule has 5 amide bonds. The van der Waals surface area contributed by atoms with Crippen molar-refractivity contribution in [3.63, 3.8) is 0 Å². The number of aliphatic hydroxyl groups is 1. The molecule has 5 unspecified atom stereocenters. The molecule has 3 aromatic carbocycles. The molecule has 1 aliphatic heterocycles. The first-order chi connectivity index (χ1) is 28.4. The van der Waals surface area contributed by atoms with Gasteiger partial charge in [0.15, 0.2) is 0 Å². The fraction of sp³-hybridized carbons (Fsp3) is 0.438. The van der Waals surface area contributed by atoms with E-state index in [1.165, 1.54) is 7.11 Å². The highest BCUT2D eigenvalue weighted by atomic mass is 16.5. The van der Waals surface area contributed by atoms with Crippen LogP contribution in [0, 0.1) is 17.8 Å². The molecule has 0 radical (unpaired) electrons. The summed E-state index contributed by atoms with van der Waals surface area (Å²) in [5.41, 5.74) is 4.37. The maximum Gasteiger partial charge on any atom is 0.407 e. The van der Waals surface area contributed by atoms with Gasteiger partial charge in [0.25, 0.3) is 0 Å². The Morgan fingerprint density at radius 3 is 2.05 bits per heavy atom. The minimum absolute atomic E-state index is 0.0632. The predicted octanol–water partition coefficient (Wildman–Crippen LogP) is 6.69. The van der Waals surface area contributed by atoms with Crippen molar-refractivity contribution >= 4 is 23.9 Å². The lowest BCUT2D eigenvalue weighted by Crippen LogP contribution is -2.59. The molecule has 4 aromatic rings. The van der Waals surface area contributed by atoms with E-state index in [9.17, 15) is 24.3 Å². The van der Waals surface area contributed by atoms with E-state index in [4.69, 9.17) is 4.74 Å². The molecule has 0 bridgehead atoms. The van der Waals surface area contributed by atoms with E-state index in [2.05, 4.69) is 27.0 Å². The van der Waals surface area contributed by atoms with E-state index in [-0.39, 0.29) is 18.4 Å². The zero-order chi connectivity index (χ0) is 43.6. The zero-order valence-electron chi connectivity index (χ0n) is 36.3. The third-order valence-corrected chi connectivity index (χ3v) is 10.9. The molecule has 1 aromatic heterocycles. The lowest BCUT2D eigenvalue weighted by Gasteiger charge is -2.38. The van der Waals surface area contributed by atoms with Gasteiger partial charge in [-0.15, -0.1) is 0 Å². The van der Waals surface area contributed by atoms with Gasteiger partial charge < -0.3 is 35.6 Å². The average molecular weight is 819 g/mol. The molecule has 0 aliphatic carbocycles. The highest BCUT2D eigenvalue weighted by Crippen LogP contribution is 2.30. The predicted molar refractivity (Wildman–Crippen MR) is 234 cm³/mol. The Hall–Kier alpha value is -5.75. The van der Waals surface area contributed by atoms with Gasteiger partial charge in [-0.3, -0.25) is 14.6 Å². The van der Waals surface area contributed by atoms with Gasteiger partial charge in [-0.05, 0) is 65.8 Å². The van der Waals surface area contributed by atoms with Crippen LogP contribution in [0.5, 0.6) is 0 Å². The van der Waals surface area contributed by atoms with Crippen molar-refractivity contribution in [2.45, 2.75) is 105 Å². The van der Waals surface area contributed by atoms with Crippen molar-refractivity contribution in [3.8, 4) is 11.3 Å². The lowest BCUT2D eigenvalue weighted by molar-refractivity contribution is -0.131. The van der Waals surface area contributed by atoms with Crippen LogP contribution in [0.3, 0.4) is 0 Å². The second-order valence-electron chi connectivity index (χ2n) is 18.0. The van der Waals surface area contributed by atoms with Crippen LogP contribution in [0.2, 0.25) is 0 Å². The van der Waals surface area contributed by atoms with Gasteiger partial charge in [0.05, 0.1) is 24.9 Å². The number of alkyl carbamates (subject to hydrolysis) is 1. The lowest BCUT2D eigenvalue weighted by atomic mass is 9.84. The second-order valence-corrected chi connectivity index (χ2v) is 18.0. The van der Waals surface area contributed by atoms with Gasteiger partial charge in [-0.1, -0.05) is 132 Å². The first-order valence-corrected chi connectivity index (χ1v) is 20.7. The molecule has 5 atom stereocenters. The number of methoxy groups -OCH3 is 1. The number of aliphatic hydroxyl groups excluding tert-OH is 1. The van der Waals surface area contributed by atoms with Crippen molar-refractivity contribution < 1.29 is 29.0 Å². The summed E-state index contributed by atoms with van der Waals surface area (Å²) < 4.78 is 4.84. The molecule has 1 saturated heterocycles. The van der Waals surface area contributed by atoms with Crippen LogP contribution in [0.1, 0.15) is 70.2 Å². The van der Waals surface area contributed by atoms with Crippen LogP contribution < -0.4 is 16.0 Å². The summed E-state index contributed by atoms with van der Waals surface area (Å²) in [6, 6.07) is 27.8. The Morgan fingerprint density at radius 1 is 0.767 bits per heavy atom. The SMILES string of the molecule is COC(=O)NC(C(=O)NC(Cc1ccc(-c2ccccn2)cc1)CC(O)C(Cc1ccccc1)NC(=O)C(N1CCN(Cc2cccc(C)c2)C1=O)C(C)(C)C)C(C)(C)C. The number of aromatic nitrogens is 1. The van der Waals surface area contributed by atoms with Crippen LogP contribution >= 0.6 is 0 Å². The smallest absolute Gasteiger partial charge is 0.407 e. The molecule has 2 heterocycles. The van der Waals surface area contributed by atoms with Crippen molar-refractivity contribution in [1.29, 1.82) is 0 Å². The number of pyridine rings is 1. The maximum atomic E-state index is 14.6. The summed E-state index contributed by atoms with van der Waals surface area (Å²) in [7, 11) is 1.24. The molecule has 5 rings (SSSR count). The fourth-order valence-corrected chi connectivity index (χ4v) is 7.85. The van der Waals surface area contributed by atoms with Gasteiger partial charge in [0, 0.05) is 37.4 Å². The zero-order valence-corrected chi connectivity index (χ0v) is 36.3. The monoisotopic (exact) mass is 818 g/mol. The average Bonchev–Trinajstić information content (AvgIpc) is 3.54. The van der Waals surface area contributed by atoms with Gasteiger partial charge >= 0.3 is 12.1 Å². The summed E-state index contributed by atoms with van der Waals surface area (Å²) in [6.07, 6.45) is 0.570. The van der Waals surface area contributed by atoms with Crippen LogP contribution in [0.15, 0.2) is 103 Å². The van der Waals surface area contributed by atoms with Crippen LogP contribution in [0.25, 0.3) is 11.3 Å². The molecule has 0 saturated carbocycles. The van der Waals surface area contributed by atoms with E-state index >= 15 is 0 Å². The Labute approximate surface area is 355 Å². The van der Waals surface area contributed by atoms with E-state index in [1.54, 1.807) is 16.0 Å². The minimum atomic E-state index is -1.14. The number of carbonyl (C=O) groups excluding carboxylic acids is 4. The molecule has 1 fully saturated rings. The normalized spacial score (nSPS) is 15.7. The summed E-state index contributed by atoms with van der Waals surface area (Å²) in [5.74, 6) is -0.802. The molecule has 60 heavy (non-hydrogen) atoms. The topological polar surface area (TPSA) is 153 Å². The Kier molecular flexibility index (Phi) is 15.1. The van der Waals surface area contributed by atoms with Gasteiger partial charge in [-0.25, -0.2) is 9.59 Å². The van der Waals surface area contributed by atoms with E-state index in [0.717, 1.165) is 33.5 Å². The van der Waals surface area contributed by atoms with Crippen molar-refractivity contribution in [1.82, 2.24) is 30.7 Å².